The molecule has 0 radical (unpaired) electrons. The van der Waals surface area contributed by atoms with Crippen LogP contribution in [0.4, 0.5) is 5.69 Å². The lowest BCUT2D eigenvalue weighted by Crippen LogP contribution is -2.48. The highest BCUT2D eigenvalue weighted by molar-refractivity contribution is 7.86. The SMILES string of the molecule is O=C(NCc1ccc2c(c1)CCN2C(=O)c1ccccc1)C1CCN(S(=O)(=O)N2CCCC2)CC1. The highest BCUT2D eigenvalue weighted by Gasteiger charge is 2.35. The quantitative estimate of drug-likeness (QED) is 0.666. The van der Waals surface area contributed by atoms with Gasteiger partial charge in [0, 0.05) is 56.4 Å². The maximum absolute atomic E-state index is 12.9. The zero-order valence-electron chi connectivity index (χ0n) is 19.9. The Hall–Kier alpha value is -2.75. The van der Waals surface area contributed by atoms with Gasteiger partial charge in [0.2, 0.25) is 5.91 Å². The van der Waals surface area contributed by atoms with E-state index in [0.717, 1.165) is 36.1 Å². The highest BCUT2D eigenvalue weighted by Crippen LogP contribution is 2.30. The van der Waals surface area contributed by atoms with E-state index in [1.165, 1.54) is 4.31 Å². The lowest BCUT2D eigenvalue weighted by atomic mass is 9.97. The Kier molecular flexibility index (Phi) is 6.91. The van der Waals surface area contributed by atoms with Gasteiger partial charge in [-0.15, -0.1) is 0 Å². The molecule has 2 aromatic carbocycles. The minimum absolute atomic E-state index is 0.00323. The lowest BCUT2D eigenvalue weighted by Gasteiger charge is -2.33. The van der Waals surface area contributed by atoms with Crippen LogP contribution < -0.4 is 10.2 Å². The number of nitrogens with zero attached hydrogens (tertiary/aromatic N) is 3. The second-order valence-electron chi connectivity index (χ2n) is 9.54. The molecule has 186 valence electrons. The summed E-state index contributed by atoms with van der Waals surface area (Å²) in [6, 6.07) is 15.3. The number of hydrogen-bond donors (Lipinski definition) is 1. The van der Waals surface area contributed by atoms with E-state index in [0.29, 0.717) is 57.7 Å². The second kappa shape index (κ2) is 10.1. The normalized spacial score (nSPS) is 19.6. The Labute approximate surface area is 207 Å². The van der Waals surface area contributed by atoms with Crippen LogP contribution in [0.5, 0.6) is 0 Å². The minimum atomic E-state index is -3.39. The van der Waals surface area contributed by atoms with E-state index in [4.69, 9.17) is 0 Å². The first-order chi connectivity index (χ1) is 16.9. The Bertz CT molecular complexity index is 1190. The van der Waals surface area contributed by atoms with Crippen LogP contribution in [0.3, 0.4) is 0 Å². The van der Waals surface area contributed by atoms with Crippen molar-refractivity contribution in [1.82, 2.24) is 13.9 Å². The molecule has 5 rings (SSSR count). The molecule has 0 saturated carbocycles. The van der Waals surface area contributed by atoms with E-state index in [2.05, 4.69) is 11.4 Å². The van der Waals surface area contributed by atoms with Gasteiger partial charge in [-0.05, 0) is 61.4 Å². The van der Waals surface area contributed by atoms with Crippen LogP contribution in [0, 0.1) is 5.92 Å². The van der Waals surface area contributed by atoms with Crippen LogP contribution in [0.2, 0.25) is 0 Å². The van der Waals surface area contributed by atoms with Crippen LogP contribution in [0.15, 0.2) is 48.5 Å². The van der Waals surface area contributed by atoms with Crippen molar-refractivity contribution in [3.63, 3.8) is 0 Å². The van der Waals surface area contributed by atoms with Gasteiger partial charge in [0.25, 0.3) is 16.1 Å². The number of hydrogen-bond acceptors (Lipinski definition) is 4. The van der Waals surface area contributed by atoms with Crippen molar-refractivity contribution in [2.24, 2.45) is 5.92 Å². The molecule has 0 aromatic heterocycles. The predicted molar refractivity (Wildman–Crippen MR) is 134 cm³/mol. The number of fused-ring (bicyclic) bond motifs is 1. The van der Waals surface area contributed by atoms with Gasteiger partial charge in [0.15, 0.2) is 0 Å². The fourth-order valence-electron chi connectivity index (χ4n) is 5.28. The van der Waals surface area contributed by atoms with Crippen molar-refractivity contribution in [1.29, 1.82) is 0 Å². The summed E-state index contributed by atoms with van der Waals surface area (Å²) in [5.74, 6) is -0.193. The summed E-state index contributed by atoms with van der Waals surface area (Å²) in [4.78, 5) is 27.5. The van der Waals surface area contributed by atoms with Gasteiger partial charge in [-0.1, -0.05) is 30.3 Å². The molecule has 8 nitrogen and oxygen atoms in total. The third-order valence-corrected chi connectivity index (χ3v) is 9.35. The average molecular weight is 497 g/mol. The molecule has 9 heteroatoms. The number of benzene rings is 2. The van der Waals surface area contributed by atoms with Gasteiger partial charge in [0.1, 0.15) is 0 Å². The Morgan fingerprint density at radius 1 is 0.886 bits per heavy atom. The van der Waals surface area contributed by atoms with E-state index >= 15 is 0 Å². The molecule has 3 heterocycles. The van der Waals surface area contributed by atoms with Gasteiger partial charge in [-0.25, -0.2) is 0 Å². The van der Waals surface area contributed by atoms with Crippen LogP contribution in [-0.4, -0.2) is 61.6 Å². The molecule has 0 atom stereocenters. The summed E-state index contributed by atoms with van der Waals surface area (Å²) < 4.78 is 28.6. The molecule has 0 unspecified atom stereocenters. The van der Waals surface area contributed by atoms with Crippen LogP contribution in [0.1, 0.15) is 47.2 Å². The maximum atomic E-state index is 12.9. The number of amides is 2. The number of carbonyl (C=O) groups excluding carboxylic acids is 2. The van der Waals surface area contributed by atoms with Crippen molar-refractivity contribution >= 4 is 27.7 Å². The largest absolute Gasteiger partial charge is 0.352 e. The number of piperidine rings is 1. The molecule has 0 bridgehead atoms. The number of anilines is 1. The van der Waals surface area contributed by atoms with Crippen molar-refractivity contribution in [3.8, 4) is 0 Å². The summed E-state index contributed by atoms with van der Waals surface area (Å²) >= 11 is 0. The maximum Gasteiger partial charge on any atom is 0.281 e. The molecule has 3 aliphatic heterocycles. The molecule has 0 spiro atoms. The molecule has 0 aliphatic carbocycles. The Morgan fingerprint density at radius 3 is 2.29 bits per heavy atom. The van der Waals surface area contributed by atoms with Crippen LogP contribution >= 0.6 is 0 Å². The zero-order valence-corrected chi connectivity index (χ0v) is 20.7. The van der Waals surface area contributed by atoms with Crippen molar-refractivity contribution in [2.45, 2.75) is 38.6 Å². The van der Waals surface area contributed by atoms with Crippen molar-refractivity contribution in [3.05, 3.63) is 65.2 Å². The molecular weight excluding hydrogens is 464 g/mol. The average Bonchev–Trinajstić information content (AvgIpc) is 3.58. The fourth-order valence-corrected chi connectivity index (χ4v) is 7.00. The predicted octanol–water partition coefficient (Wildman–Crippen LogP) is 2.56. The van der Waals surface area contributed by atoms with Crippen molar-refractivity contribution in [2.75, 3.05) is 37.6 Å². The first-order valence-corrected chi connectivity index (χ1v) is 13.8. The summed E-state index contributed by atoms with van der Waals surface area (Å²) in [6.07, 6.45) is 3.71. The topological polar surface area (TPSA) is 90.0 Å². The summed E-state index contributed by atoms with van der Waals surface area (Å²) in [5.41, 5.74) is 3.72. The van der Waals surface area contributed by atoms with E-state index in [-0.39, 0.29) is 17.7 Å². The van der Waals surface area contributed by atoms with Gasteiger partial charge in [-0.3, -0.25) is 9.59 Å². The number of rotatable bonds is 6. The molecule has 2 amide bonds. The highest BCUT2D eigenvalue weighted by atomic mass is 32.2. The first-order valence-electron chi connectivity index (χ1n) is 12.4. The first kappa shape index (κ1) is 24.0. The number of nitrogens with one attached hydrogen (secondary N) is 1. The number of carbonyl (C=O) groups is 2. The molecule has 2 aromatic rings. The van der Waals surface area contributed by atoms with Crippen LogP contribution in [0.25, 0.3) is 0 Å². The minimum Gasteiger partial charge on any atom is -0.352 e. The van der Waals surface area contributed by atoms with Crippen LogP contribution in [-0.2, 0) is 28.0 Å². The van der Waals surface area contributed by atoms with Gasteiger partial charge in [-0.2, -0.15) is 17.0 Å². The molecular formula is C26H32N4O4S. The summed E-state index contributed by atoms with van der Waals surface area (Å²) in [5, 5.41) is 3.03. The second-order valence-corrected chi connectivity index (χ2v) is 11.5. The summed E-state index contributed by atoms with van der Waals surface area (Å²) in [6.45, 7) is 3.05. The monoisotopic (exact) mass is 496 g/mol. The van der Waals surface area contributed by atoms with E-state index in [1.54, 1.807) is 4.31 Å². The third kappa shape index (κ3) is 4.98. The van der Waals surface area contributed by atoms with Gasteiger partial charge >= 0.3 is 0 Å². The fraction of sp³-hybridized carbons (Fsp3) is 0.462. The smallest absolute Gasteiger partial charge is 0.281 e. The Balaban J connectivity index is 1.14. The molecule has 3 aliphatic rings. The van der Waals surface area contributed by atoms with E-state index < -0.39 is 10.2 Å². The molecule has 35 heavy (non-hydrogen) atoms. The Morgan fingerprint density at radius 2 is 1.57 bits per heavy atom. The van der Waals surface area contributed by atoms with E-state index in [1.807, 2.05) is 47.4 Å². The lowest BCUT2D eigenvalue weighted by molar-refractivity contribution is -0.126. The molecule has 1 N–H and O–H groups in total. The van der Waals surface area contributed by atoms with Gasteiger partial charge < -0.3 is 10.2 Å². The summed E-state index contributed by atoms with van der Waals surface area (Å²) in [7, 11) is -3.39. The zero-order chi connectivity index (χ0) is 24.4. The standard InChI is InChI=1S/C26H32N4O4S/c31-25(21-10-15-29(16-11-21)35(33,34)28-13-4-5-14-28)27-19-20-8-9-24-23(18-20)12-17-30(24)26(32)22-6-2-1-3-7-22/h1-3,6-9,18,21H,4-5,10-17,19H2,(H,27,31). The van der Waals surface area contributed by atoms with E-state index in [9.17, 15) is 18.0 Å². The van der Waals surface area contributed by atoms with Crippen molar-refractivity contribution < 1.29 is 18.0 Å². The molecule has 2 fully saturated rings. The molecule has 2 saturated heterocycles. The van der Waals surface area contributed by atoms with Gasteiger partial charge in [0.05, 0.1) is 0 Å². The third-order valence-electron chi connectivity index (χ3n) is 7.31.